The summed E-state index contributed by atoms with van der Waals surface area (Å²) in [4.78, 5) is 0. The van der Waals surface area contributed by atoms with Gasteiger partial charge in [-0.3, -0.25) is 10.9 Å². The molecular weight excluding hydrogens is 202 g/mol. The number of phenolic OH excluding ortho intramolecular Hbond substituents is 1. The number of benzene rings is 1. The largest absolute Gasteiger partial charge is 0.508 e. The number of nitrogens with one attached hydrogen (secondary N) is 2. The Morgan fingerprint density at radius 3 is 2.75 bits per heavy atom. The van der Waals surface area contributed by atoms with Gasteiger partial charge in [0.2, 0.25) is 0 Å². The lowest BCUT2D eigenvalue weighted by Gasteiger charge is -2.17. The summed E-state index contributed by atoms with van der Waals surface area (Å²) in [6.07, 6.45) is 2.01. The van der Waals surface area contributed by atoms with Crippen LogP contribution < -0.4 is 16.6 Å². The lowest BCUT2D eigenvalue weighted by atomic mass is 9.92. The molecule has 2 unspecified atom stereocenters. The van der Waals surface area contributed by atoms with Crippen LogP contribution in [0.2, 0.25) is 0 Å². The number of nitrogens with two attached hydrogens (primary N) is 1. The van der Waals surface area contributed by atoms with Crippen LogP contribution >= 0.6 is 0 Å². The topological polar surface area (TPSA) is 70.3 Å². The highest BCUT2D eigenvalue weighted by Crippen LogP contribution is 2.18. The highest BCUT2D eigenvalue weighted by atomic mass is 16.3. The van der Waals surface area contributed by atoms with Gasteiger partial charge in [-0.25, -0.2) is 0 Å². The van der Waals surface area contributed by atoms with Gasteiger partial charge in [0.1, 0.15) is 5.75 Å². The summed E-state index contributed by atoms with van der Waals surface area (Å²) in [7, 11) is 0. The van der Waals surface area contributed by atoms with E-state index in [2.05, 4.69) is 10.9 Å². The third-order valence-electron chi connectivity index (χ3n) is 3.13. The Bertz CT molecular complexity index is 326. The number of rotatable bonds is 4. The van der Waals surface area contributed by atoms with Gasteiger partial charge in [0.25, 0.3) is 0 Å². The molecule has 16 heavy (non-hydrogen) atoms. The Morgan fingerprint density at radius 2 is 2.06 bits per heavy atom. The van der Waals surface area contributed by atoms with E-state index in [1.165, 1.54) is 5.56 Å². The van der Waals surface area contributed by atoms with Gasteiger partial charge < -0.3 is 10.8 Å². The van der Waals surface area contributed by atoms with Crippen molar-refractivity contribution in [1.82, 2.24) is 10.9 Å². The molecule has 1 aromatic carbocycles. The zero-order valence-corrected chi connectivity index (χ0v) is 9.32. The van der Waals surface area contributed by atoms with Gasteiger partial charge >= 0.3 is 0 Å². The van der Waals surface area contributed by atoms with Gasteiger partial charge in [-0.15, -0.1) is 0 Å². The van der Waals surface area contributed by atoms with E-state index in [9.17, 15) is 5.11 Å². The van der Waals surface area contributed by atoms with Crippen molar-refractivity contribution in [1.29, 1.82) is 0 Å². The van der Waals surface area contributed by atoms with E-state index in [1.54, 1.807) is 12.1 Å². The van der Waals surface area contributed by atoms with Crippen LogP contribution in [0.5, 0.6) is 5.75 Å². The van der Waals surface area contributed by atoms with Gasteiger partial charge in [0, 0.05) is 12.6 Å². The summed E-state index contributed by atoms with van der Waals surface area (Å²) in [5.74, 6) is 0.901. The number of hydrogen-bond donors (Lipinski definition) is 4. The molecule has 1 heterocycles. The third kappa shape index (κ3) is 2.72. The van der Waals surface area contributed by atoms with Crippen LogP contribution in [-0.2, 0) is 6.42 Å². The highest BCUT2D eigenvalue weighted by molar-refractivity contribution is 5.26. The van der Waals surface area contributed by atoms with E-state index in [4.69, 9.17) is 5.73 Å². The molecule has 0 aliphatic carbocycles. The van der Waals surface area contributed by atoms with Crippen LogP contribution in [0.3, 0.4) is 0 Å². The minimum Gasteiger partial charge on any atom is -0.508 e. The fourth-order valence-corrected chi connectivity index (χ4v) is 2.22. The van der Waals surface area contributed by atoms with Crippen molar-refractivity contribution in [3.05, 3.63) is 29.8 Å². The molecular formula is C12H19N3O. The molecule has 4 nitrogen and oxygen atoms in total. The Balaban J connectivity index is 1.95. The third-order valence-corrected chi connectivity index (χ3v) is 3.13. The molecule has 1 saturated heterocycles. The molecule has 1 aliphatic rings. The molecule has 2 atom stereocenters. The van der Waals surface area contributed by atoms with Crippen LogP contribution in [0.15, 0.2) is 24.3 Å². The van der Waals surface area contributed by atoms with Gasteiger partial charge in [-0.1, -0.05) is 12.1 Å². The van der Waals surface area contributed by atoms with Crippen molar-refractivity contribution in [2.45, 2.75) is 18.9 Å². The standard InChI is InChI=1S/C12H19N3O/c13-6-5-12-10(8-14-15-12)7-9-1-3-11(16)4-2-9/h1-4,10,12,14-16H,5-8,13H2. The summed E-state index contributed by atoms with van der Waals surface area (Å²) in [6, 6.07) is 7.89. The summed E-state index contributed by atoms with van der Waals surface area (Å²) >= 11 is 0. The van der Waals surface area contributed by atoms with E-state index in [0.29, 0.717) is 24.3 Å². The quantitative estimate of drug-likeness (QED) is 0.593. The maximum Gasteiger partial charge on any atom is 0.115 e. The van der Waals surface area contributed by atoms with Gasteiger partial charge in [-0.2, -0.15) is 0 Å². The van der Waals surface area contributed by atoms with Crippen molar-refractivity contribution >= 4 is 0 Å². The minimum atomic E-state index is 0.324. The lowest BCUT2D eigenvalue weighted by molar-refractivity contribution is 0.432. The fraction of sp³-hybridized carbons (Fsp3) is 0.500. The van der Waals surface area contributed by atoms with Crippen LogP contribution in [0.1, 0.15) is 12.0 Å². The SMILES string of the molecule is NCCC1NNCC1Cc1ccc(O)cc1. The van der Waals surface area contributed by atoms with Gasteiger partial charge in [-0.05, 0) is 43.0 Å². The van der Waals surface area contributed by atoms with Crippen molar-refractivity contribution in [3.8, 4) is 5.75 Å². The number of aromatic hydroxyl groups is 1. The van der Waals surface area contributed by atoms with E-state index in [1.807, 2.05) is 12.1 Å². The van der Waals surface area contributed by atoms with Crippen molar-refractivity contribution in [2.24, 2.45) is 11.7 Å². The Labute approximate surface area is 95.8 Å². The highest BCUT2D eigenvalue weighted by Gasteiger charge is 2.25. The molecule has 0 bridgehead atoms. The molecule has 0 amide bonds. The van der Waals surface area contributed by atoms with Gasteiger partial charge in [0.15, 0.2) is 0 Å². The molecule has 5 N–H and O–H groups in total. The normalized spacial score (nSPS) is 24.8. The minimum absolute atomic E-state index is 0.324. The Kier molecular flexibility index (Phi) is 3.77. The molecule has 0 aromatic heterocycles. The number of phenols is 1. The van der Waals surface area contributed by atoms with E-state index >= 15 is 0 Å². The lowest BCUT2D eigenvalue weighted by Crippen LogP contribution is -2.33. The van der Waals surface area contributed by atoms with Crippen molar-refractivity contribution in [2.75, 3.05) is 13.1 Å². The van der Waals surface area contributed by atoms with Crippen LogP contribution in [0.25, 0.3) is 0 Å². The zero-order chi connectivity index (χ0) is 11.4. The second-order valence-corrected chi connectivity index (χ2v) is 4.34. The maximum atomic E-state index is 9.21. The average Bonchev–Trinajstić information content (AvgIpc) is 2.70. The molecule has 1 aliphatic heterocycles. The first kappa shape index (κ1) is 11.4. The summed E-state index contributed by atoms with van der Waals surface area (Å²) in [5, 5.41) is 9.21. The smallest absolute Gasteiger partial charge is 0.115 e. The predicted octanol–water partition coefficient (Wildman–Crippen LogP) is 0.376. The maximum absolute atomic E-state index is 9.21. The summed E-state index contributed by atoms with van der Waals surface area (Å²) < 4.78 is 0. The second-order valence-electron chi connectivity index (χ2n) is 4.34. The van der Waals surface area contributed by atoms with Crippen molar-refractivity contribution in [3.63, 3.8) is 0 Å². The zero-order valence-electron chi connectivity index (χ0n) is 9.32. The van der Waals surface area contributed by atoms with E-state index in [0.717, 1.165) is 19.4 Å². The molecule has 0 saturated carbocycles. The summed E-state index contributed by atoms with van der Waals surface area (Å²) in [5.41, 5.74) is 13.3. The van der Waals surface area contributed by atoms with Crippen LogP contribution in [0.4, 0.5) is 0 Å². The molecule has 4 heteroatoms. The molecule has 0 spiro atoms. The molecule has 1 aromatic rings. The monoisotopic (exact) mass is 221 g/mol. The number of hydrogen-bond acceptors (Lipinski definition) is 4. The van der Waals surface area contributed by atoms with E-state index < -0.39 is 0 Å². The predicted molar refractivity (Wildman–Crippen MR) is 63.9 cm³/mol. The first-order chi connectivity index (χ1) is 7.79. The molecule has 2 rings (SSSR count). The Morgan fingerprint density at radius 1 is 1.31 bits per heavy atom. The summed E-state index contributed by atoms with van der Waals surface area (Å²) in [6.45, 7) is 1.69. The van der Waals surface area contributed by atoms with Crippen molar-refractivity contribution < 1.29 is 5.11 Å². The Hall–Kier alpha value is -1.10. The van der Waals surface area contributed by atoms with E-state index in [-0.39, 0.29) is 0 Å². The van der Waals surface area contributed by atoms with Crippen LogP contribution in [0, 0.1) is 5.92 Å². The van der Waals surface area contributed by atoms with Gasteiger partial charge in [0.05, 0.1) is 0 Å². The first-order valence-electron chi connectivity index (χ1n) is 5.76. The number of hydrazine groups is 1. The molecule has 1 fully saturated rings. The fourth-order valence-electron chi connectivity index (χ4n) is 2.22. The molecule has 88 valence electrons. The molecule has 0 radical (unpaired) electrons. The second kappa shape index (κ2) is 5.30. The first-order valence-corrected chi connectivity index (χ1v) is 5.76. The average molecular weight is 221 g/mol. The van der Waals surface area contributed by atoms with Crippen LogP contribution in [-0.4, -0.2) is 24.2 Å².